The minimum atomic E-state index is -4.86. The van der Waals surface area contributed by atoms with Crippen molar-refractivity contribution in [3.63, 3.8) is 0 Å². The van der Waals surface area contributed by atoms with Gasteiger partial charge in [0.15, 0.2) is 0 Å². The van der Waals surface area contributed by atoms with E-state index in [1.54, 1.807) is 0 Å². The molecule has 22 heavy (non-hydrogen) atoms. The molecule has 0 saturated carbocycles. The fourth-order valence-electron chi connectivity index (χ4n) is 3.49. The molecule has 0 aromatic heterocycles. The van der Waals surface area contributed by atoms with E-state index in [4.69, 9.17) is 0 Å². The minimum Gasteiger partial charge on any atom is -0.339 e. The van der Waals surface area contributed by atoms with Crippen LogP contribution in [0.3, 0.4) is 0 Å². The zero-order valence-electron chi connectivity index (χ0n) is 12.9. The van der Waals surface area contributed by atoms with E-state index in [0.29, 0.717) is 19.4 Å². The number of nitrogens with zero attached hydrogens (tertiary/aromatic N) is 2. The number of piperidine rings is 2. The van der Waals surface area contributed by atoms with Crippen LogP contribution in [0.1, 0.15) is 45.4 Å². The fourth-order valence-corrected chi connectivity index (χ4v) is 3.49. The molecule has 2 fully saturated rings. The first-order chi connectivity index (χ1) is 10.3. The summed E-state index contributed by atoms with van der Waals surface area (Å²) >= 11 is 0. The lowest BCUT2D eigenvalue weighted by atomic mass is 9.92. The van der Waals surface area contributed by atoms with Crippen molar-refractivity contribution in [2.75, 3.05) is 19.6 Å². The van der Waals surface area contributed by atoms with E-state index in [1.165, 1.54) is 0 Å². The monoisotopic (exact) mass is 320 g/mol. The highest BCUT2D eigenvalue weighted by molar-refractivity contribution is 5.84. The van der Waals surface area contributed by atoms with Gasteiger partial charge in [-0.1, -0.05) is 6.92 Å². The number of rotatable bonds is 2. The van der Waals surface area contributed by atoms with Gasteiger partial charge in [0.25, 0.3) is 0 Å². The first-order valence-electron chi connectivity index (χ1n) is 8.01. The minimum absolute atomic E-state index is 0.0776. The summed E-state index contributed by atoms with van der Waals surface area (Å²) in [6.07, 6.45) is 0.00782. The van der Waals surface area contributed by atoms with E-state index < -0.39 is 18.0 Å². The SMILES string of the molecule is CCC1CCCCN1C(=O)C1CCCN(C(=O)C(F)(F)F)C1. The normalized spacial score (nSPS) is 26.9. The van der Waals surface area contributed by atoms with Crippen LogP contribution in [0.2, 0.25) is 0 Å². The predicted molar refractivity (Wildman–Crippen MR) is 75.0 cm³/mol. The summed E-state index contributed by atoms with van der Waals surface area (Å²) in [5.74, 6) is -2.39. The summed E-state index contributed by atoms with van der Waals surface area (Å²) in [5.41, 5.74) is 0. The predicted octanol–water partition coefficient (Wildman–Crippen LogP) is 2.58. The van der Waals surface area contributed by atoms with Gasteiger partial charge >= 0.3 is 12.1 Å². The lowest BCUT2D eigenvalue weighted by Crippen LogP contribution is -2.52. The number of likely N-dealkylation sites (tertiary alicyclic amines) is 2. The lowest BCUT2D eigenvalue weighted by Gasteiger charge is -2.40. The molecular formula is C15H23F3N2O2. The molecule has 2 rings (SSSR count). The van der Waals surface area contributed by atoms with Crippen LogP contribution in [0.5, 0.6) is 0 Å². The van der Waals surface area contributed by atoms with Crippen LogP contribution in [-0.4, -0.2) is 53.5 Å². The molecule has 2 atom stereocenters. The van der Waals surface area contributed by atoms with Gasteiger partial charge in [-0.3, -0.25) is 9.59 Å². The lowest BCUT2D eigenvalue weighted by molar-refractivity contribution is -0.187. The van der Waals surface area contributed by atoms with Gasteiger partial charge in [0.1, 0.15) is 0 Å². The van der Waals surface area contributed by atoms with Crippen molar-refractivity contribution >= 4 is 11.8 Å². The molecule has 2 heterocycles. The van der Waals surface area contributed by atoms with Gasteiger partial charge in [0, 0.05) is 25.7 Å². The van der Waals surface area contributed by atoms with E-state index >= 15 is 0 Å². The third-order valence-electron chi connectivity index (χ3n) is 4.68. The van der Waals surface area contributed by atoms with Crippen LogP contribution in [-0.2, 0) is 9.59 Å². The largest absolute Gasteiger partial charge is 0.471 e. The first kappa shape index (κ1) is 17.1. The average molecular weight is 320 g/mol. The van der Waals surface area contributed by atoms with E-state index in [-0.39, 0.29) is 25.0 Å². The molecule has 2 unspecified atom stereocenters. The fraction of sp³-hybridized carbons (Fsp3) is 0.867. The standard InChI is InChI=1S/C15H23F3N2O2/c1-2-12-7-3-4-9-20(12)13(21)11-6-5-8-19(10-11)14(22)15(16,17)18/h11-12H,2-10H2,1H3. The van der Waals surface area contributed by atoms with Gasteiger partial charge in [-0.05, 0) is 38.5 Å². The Balaban J connectivity index is 2.02. The second-order valence-electron chi connectivity index (χ2n) is 6.18. The average Bonchev–Trinajstić information content (AvgIpc) is 2.52. The highest BCUT2D eigenvalue weighted by Crippen LogP contribution is 2.27. The van der Waals surface area contributed by atoms with Gasteiger partial charge < -0.3 is 9.80 Å². The van der Waals surface area contributed by atoms with Crippen LogP contribution in [0.4, 0.5) is 13.2 Å². The van der Waals surface area contributed by atoms with Gasteiger partial charge in [-0.2, -0.15) is 13.2 Å². The van der Waals surface area contributed by atoms with Crippen molar-refractivity contribution in [3.8, 4) is 0 Å². The Bertz CT molecular complexity index is 426. The summed E-state index contributed by atoms with van der Waals surface area (Å²) in [5, 5.41) is 0. The summed E-state index contributed by atoms with van der Waals surface area (Å²) in [4.78, 5) is 26.6. The van der Waals surface area contributed by atoms with Crippen molar-refractivity contribution in [1.29, 1.82) is 0 Å². The number of amides is 2. The molecule has 0 bridgehead atoms. The third kappa shape index (κ3) is 3.73. The molecule has 0 aromatic carbocycles. The molecule has 7 heteroatoms. The van der Waals surface area contributed by atoms with Crippen LogP contribution >= 0.6 is 0 Å². The Morgan fingerprint density at radius 3 is 2.45 bits per heavy atom. The number of hydrogen-bond acceptors (Lipinski definition) is 2. The zero-order valence-corrected chi connectivity index (χ0v) is 12.9. The Morgan fingerprint density at radius 1 is 1.09 bits per heavy atom. The van der Waals surface area contributed by atoms with Crippen molar-refractivity contribution in [2.24, 2.45) is 5.92 Å². The topological polar surface area (TPSA) is 40.6 Å². The summed E-state index contributed by atoms with van der Waals surface area (Å²) < 4.78 is 37.6. The number of hydrogen-bond donors (Lipinski definition) is 0. The maximum Gasteiger partial charge on any atom is 0.471 e. The second kappa shape index (κ2) is 6.87. The zero-order chi connectivity index (χ0) is 16.3. The number of carbonyl (C=O) groups excluding carboxylic acids is 2. The number of halogens is 3. The molecule has 0 aromatic rings. The van der Waals surface area contributed by atoms with Gasteiger partial charge in [0.05, 0.1) is 5.92 Å². The van der Waals surface area contributed by atoms with E-state index in [1.807, 2.05) is 11.8 Å². The molecule has 2 amide bonds. The highest BCUT2D eigenvalue weighted by atomic mass is 19.4. The van der Waals surface area contributed by atoms with Gasteiger partial charge in [-0.15, -0.1) is 0 Å². The molecule has 0 N–H and O–H groups in total. The molecule has 0 spiro atoms. The summed E-state index contributed by atoms with van der Waals surface area (Å²) in [6.45, 7) is 2.68. The first-order valence-corrected chi connectivity index (χ1v) is 8.01. The van der Waals surface area contributed by atoms with E-state index in [9.17, 15) is 22.8 Å². The quantitative estimate of drug-likeness (QED) is 0.784. The molecule has 2 aliphatic rings. The Kier molecular flexibility index (Phi) is 5.34. The van der Waals surface area contributed by atoms with Crippen LogP contribution in [0.15, 0.2) is 0 Å². The Morgan fingerprint density at radius 2 is 1.82 bits per heavy atom. The summed E-state index contributed by atoms with van der Waals surface area (Å²) in [7, 11) is 0. The molecule has 2 saturated heterocycles. The highest BCUT2D eigenvalue weighted by Gasteiger charge is 2.45. The maximum absolute atomic E-state index is 12.6. The van der Waals surface area contributed by atoms with Crippen molar-refractivity contribution in [3.05, 3.63) is 0 Å². The second-order valence-corrected chi connectivity index (χ2v) is 6.18. The Hall–Kier alpha value is -1.27. The van der Waals surface area contributed by atoms with Crippen LogP contribution in [0, 0.1) is 5.92 Å². The van der Waals surface area contributed by atoms with E-state index in [0.717, 1.165) is 30.6 Å². The van der Waals surface area contributed by atoms with Crippen LogP contribution in [0.25, 0.3) is 0 Å². The van der Waals surface area contributed by atoms with Crippen molar-refractivity contribution in [1.82, 2.24) is 9.80 Å². The molecule has 4 nitrogen and oxygen atoms in total. The van der Waals surface area contributed by atoms with Crippen LogP contribution < -0.4 is 0 Å². The third-order valence-corrected chi connectivity index (χ3v) is 4.68. The smallest absolute Gasteiger partial charge is 0.339 e. The number of carbonyl (C=O) groups is 2. The van der Waals surface area contributed by atoms with Crippen molar-refractivity contribution < 1.29 is 22.8 Å². The molecule has 0 radical (unpaired) electrons. The molecular weight excluding hydrogens is 297 g/mol. The molecule has 126 valence electrons. The van der Waals surface area contributed by atoms with Crippen molar-refractivity contribution in [2.45, 2.75) is 57.7 Å². The molecule has 0 aliphatic carbocycles. The number of alkyl halides is 3. The molecule has 2 aliphatic heterocycles. The van der Waals surface area contributed by atoms with Gasteiger partial charge in [-0.25, -0.2) is 0 Å². The van der Waals surface area contributed by atoms with Gasteiger partial charge in [0.2, 0.25) is 5.91 Å². The maximum atomic E-state index is 12.6. The summed E-state index contributed by atoms with van der Waals surface area (Å²) in [6, 6.07) is 0.190. The Labute approximate surface area is 128 Å². The van der Waals surface area contributed by atoms with E-state index in [2.05, 4.69) is 0 Å².